The van der Waals surface area contributed by atoms with Crippen LogP contribution in [-0.4, -0.2) is 59.6 Å². The molecule has 0 radical (unpaired) electrons. The van der Waals surface area contributed by atoms with Crippen LogP contribution in [0.3, 0.4) is 0 Å². The molecule has 1 aliphatic rings. The molecule has 2 heterocycles. The van der Waals surface area contributed by atoms with Crippen molar-refractivity contribution in [3.63, 3.8) is 0 Å². The second-order valence-corrected chi connectivity index (χ2v) is 5.42. The van der Waals surface area contributed by atoms with Gasteiger partial charge in [-0.15, -0.1) is 12.4 Å². The minimum Gasteiger partial charge on any atom is -0.368 e. The van der Waals surface area contributed by atoms with E-state index < -0.39 is 0 Å². The summed E-state index contributed by atoms with van der Waals surface area (Å²) in [6.07, 6.45) is 2.30. The molecule has 21 heavy (non-hydrogen) atoms. The average molecular weight is 316 g/mol. The van der Waals surface area contributed by atoms with Gasteiger partial charge < -0.3 is 16.0 Å². The van der Waals surface area contributed by atoms with E-state index in [1.54, 1.807) is 0 Å². The predicted molar refractivity (Wildman–Crippen MR) is 87.8 cm³/mol. The van der Waals surface area contributed by atoms with Crippen molar-refractivity contribution in [3.8, 4) is 0 Å². The van der Waals surface area contributed by atoms with Crippen LogP contribution >= 0.6 is 12.4 Å². The lowest BCUT2D eigenvalue weighted by Crippen LogP contribution is -2.37. The summed E-state index contributed by atoms with van der Waals surface area (Å²) < 4.78 is 0. The van der Waals surface area contributed by atoms with E-state index in [1.165, 1.54) is 6.42 Å². The first-order chi connectivity index (χ1) is 9.60. The zero-order valence-corrected chi connectivity index (χ0v) is 13.9. The van der Waals surface area contributed by atoms with Gasteiger partial charge in [-0.05, 0) is 25.9 Å². The lowest BCUT2D eigenvalue weighted by Gasteiger charge is -2.27. The van der Waals surface area contributed by atoms with Gasteiger partial charge in [-0.2, -0.15) is 15.0 Å². The molecule has 3 N–H and O–H groups in total. The normalized spacial score (nSPS) is 17.8. The van der Waals surface area contributed by atoms with Crippen LogP contribution in [0.2, 0.25) is 0 Å². The molecule has 120 valence electrons. The third-order valence-electron chi connectivity index (χ3n) is 3.49. The van der Waals surface area contributed by atoms with Crippen LogP contribution in [0.1, 0.15) is 25.6 Å². The van der Waals surface area contributed by atoms with Crippen molar-refractivity contribution in [3.05, 3.63) is 5.82 Å². The van der Waals surface area contributed by atoms with Crippen molar-refractivity contribution in [1.29, 1.82) is 0 Å². The number of nitrogens with zero attached hydrogens (tertiary/aromatic N) is 5. The highest BCUT2D eigenvalue weighted by molar-refractivity contribution is 5.85. The van der Waals surface area contributed by atoms with Gasteiger partial charge in [-0.25, -0.2) is 0 Å². The second-order valence-electron chi connectivity index (χ2n) is 5.42. The van der Waals surface area contributed by atoms with E-state index in [0.29, 0.717) is 17.9 Å². The van der Waals surface area contributed by atoms with Crippen LogP contribution in [0.25, 0.3) is 0 Å². The Morgan fingerprint density at radius 2 is 2.05 bits per heavy atom. The predicted octanol–water partition coefficient (Wildman–Crippen LogP) is 0.516. The molecule has 1 saturated heterocycles. The molecule has 1 atom stereocenters. The summed E-state index contributed by atoms with van der Waals surface area (Å²) in [7, 11) is 3.81. The molecule has 0 aromatic carbocycles. The van der Waals surface area contributed by atoms with Crippen LogP contribution in [0.4, 0.5) is 11.9 Å². The van der Waals surface area contributed by atoms with Gasteiger partial charge in [0.05, 0.1) is 6.54 Å². The molecule has 0 spiro atoms. The van der Waals surface area contributed by atoms with Crippen molar-refractivity contribution >= 4 is 24.3 Å². The van der Waals surface area contributed by atoms with Crippen LogP contribution in [0.5, 0.6) is 0 Å². The highest BCUT2D eigenvalue weighted by Gasteiger charge is 2.23. The summed E-state index contributed by atoms with van der Waals surface area (Å²) >= 11 is 0. The fourth-order valence-corrected chi connectivity index (χ4v) is 2.51. The first-order valence-corrected chi connectivity index (χ1v) is 7.22. The van der Waals surface area contributed by atoms with E-state index in [1.807, 2.05) is 19.0 Å². The molecule has 1 aromatic rings. The van der Waals surface area contributed by atoms with E-state index in [2.05, 4.69) is 32.1 Å². The lowest BCUT2D eigenvalue weighted by atomic mass is 10.2. The topological polar surface area (TPSA) is 83.2 Å². The van der Waals surface area contributed by atoms with Crippen molar-refractivity contribution in [2.24, 2.45) is 0 Å². The molecule has 1 aliphatic heterocycles. The molecule has 1 aromatic heterocycles. The highest BCUT2D eigenvalue weighted by atomic mass is 35.5. The van der Waals surface area contributed by atoms with Crippen molar-refractivity contribution in [2.45, 2.75) is 32.4 Å². The summed E-state index contributed by atoms with van der Waals surface area (Å²) in [5.41, 5.74) is 5.78. The third-order valence-corrected chi connectivity index (χ3v) is 3.49. The van der Waals surface area contributed by atoms with E-state index in [-0.39, 0.29) is 12.4 Å². The Labute approximate surface area is 132 Å². The van der Waals surface area contributed by atoms with Crippen molar-refractivity contribution in [1.82, 2.24) is 25.2 Å². The SMILES string of the molecule is CCCN(Cc1nc(N)nc(N(C)C)n1)C1CCNC1.Cl. The summed E-state index contributed by atoms with van der Waals surface area (Å²) in [5, 5.41) is 3.41. The first kappa shape index (κ1) is 17.9. The number of hydrogen-bond acceptors (Lipinski definition) is 7. The Bertz CT molecular complexity index is 435. The van der Waals surface area contributed by atoms with E-state index in [0.717, 1.165) is 38.4 Å². The Morgan fingerprint density at radius 3 is 2.62 bits per heavy atom. The second kappa shape index (κ2) is 8.31. The number of nitrogens with one attached hydrogen (secondary N) is 1. The Hall–Kier alpha value is -1.18. The zero-order valence-electron chi connectivity index (χ0n) is 13.0. The summed E-state index contributed by atoms with van der Waals surface area (Å²) in [4.78, 5) is 17.2. The molecule has 0 saturated carbocycles. The van der Waals surface area contributed by atoms with Crippen LogP contribution < -0.4 is 16.0 Å². The molecule has 7 nitrogen and oxygen atoms in total. The van der Waals surface area contributed by atoms with Gasteiger partial charge in [0.15, 0.2) is 0 Å². The van der Waals surface area contributed by atoms with Crippen molar-refractivity contribution in [2.75, 3.05) is 44.4 Å². The Kier molecular flexibility index (Phi) is 7.07. The standard InChI is InChI=1S/C13H25N7.ClH/c1-4-7-20(10-5-6-15-8-10)9-11-16-12(14)18-13(17-11)19(2)3;/h10,15H,4-9H2,1-3H3,(H2,14,16,17,18);1H. The highest BCUT2D eigenvalue weighted by Crippen LogP contribution is 2.14. The van der Waals surface area contributed by atoms with Gasteiger partial charge in [0.2, 0.25) is 11.9 Å². The Morgan fingerprint density at radius 1 is 1.29 bits per heavy atom. The van der Waals surface area contributed by atoms with E-state index >= 15 is 0 Å². The molecule has 8 heteroatoms. The van der Waals surface area contributed by atoms with Gasteiger partial charge in [-0.1, -0.05) is 6.92 Å². The van der Waals surface area contributed by atoms with Crippen molar-refractivity contribution < 1.29 is 0 Å². The maximum atomic E-state index is 5.78. The average Bonchev–Trinajstić information content (AvgIpc) is 2.91. The minimum absolute atomic E-state index is 0. The van der Waals surface area contributed by atoms with Gasteiger partial charge in [0.1, 0.15) is 5.82 Å². The first-order valence-electron chi connectivity index (χ1n) is 7.22. The van der Waals surface area contributed by atoms with Crippen LogP contribution in [-0.2, 0) is 6.54 Å². The van der Waals surface area contributed by atoms with Gasteiger partial charge in [0.25, 0.3) is 0 Å². The van der Waals surface area contributed by atoms with Crippen LogP contribution in [0, 0.1) is 0 Å². The molecule has 1 unspecified atom stereocenters. The smallest absolute Gasteiger partial charge is 0.229 e. The summed E-state index contributed by atoms with van der Waals surface area (Å²) in [5.74, 6) is 1.66. The van der Waals surface area contributed by atoms with Gasteiger partial charge in [0, 0.05) is 26.7 Å². The summed E-state index contributed by atoms with van der Waals surface area (Å²) in [6, 6.07) is 0.566. The number of halogens is 1. The van der Waals surface area contributed by atoms with Gasteiger partial charge >= 0.3 is 0 Å². The fraction of sp³-hybridized carbons (Fsp3) is 0.769. The lowest BCUT2D eigenvalue weighted by molar-refractivity contribution is 0.194. The number of nitrogens with two attached hydrogens (primary N) is 1. The molecular formula is C13H26ClN7. The molecule has 1 fully saturated rings. The molecule has 0 amide bonds. The van der Waals surface area contributed by atoms with E-state index in [9.17, 15) is 0 Å². The quantitative estimate of drug-likeness (QED) is 0.791. The van der Waals surface area contributed by atoms with E-state index in [4.69, 9.17) is 5.73 Å². The van der Waals surface area contributed by atoms with Gasteiger partial charge in [-0.3, -0.25) is 4.90 Å². The molecule has 0 bridgehead atoms. The maximum absolute atomic E-state index is 5.78. The number of aromatic nitrogens is 3. The third kappa shape index (κ3) is 4.94. The number of hydrogen-bond donors (Lipinski definition) is 2. The maximum Gasteiger partial charge on any atom is 0.229 e. The molecular weight excluding hydrogens is 290 g/mol. The molecule has 0 aliphatic carbocycles. The fourth-order valence-electron chi connectivity index (χ4n) is 2.51. The zero-order chi connectivity index (χ0) is 14.5. The monoisotopic (exact) mass is 315 g/mol. The number of anilines is 2. The number of nitrogen functional groups attached to an aromatic ring is 1. The summed E-state index contributed by atoms with van der Waals surface area (Å²) in [6.45, 7) is 6.11. The van der Waals surface area contributed by atoms with Crippen LogP contribution in [0.15, 0.2) is 0 Å². The number of rotatable bonds is 6. The minimum atomic E-state index is 0. The molecule has 2 rings (SSSR count). The largest absolute Gasteiger partial charge is 0.368 e. The Balaban J connectivity index is 0.00000220.